The largest absolute Gasteiger partial charge is 0.504 e. The number of aromatic nitrogens is 2. The average Bonchev–Trinajstić information content (AvgIpc) is 3.05. The fourth-order valence-electron chi connectivity index (χ4n) is 2.66. The molecule has 2 amide bonds. The molecule has 0 aliphatic heterocycles. The fourth-order valence-corrected chi connectivity index (χ4v) is 3.88. The first-order chi connectivity index (χ1) is 14.2. The smallest absolute Gasteiger partial charge is 0.275 e. The van der Waals surface area contributed by atoms with Crippen LogP contribution in [0.1, 0.15) is 45.1 Å². The Labute approximate surface area is 185 Å². The summed E-state index contributed by atoms with van der Waals surface area (Å²) in [6, 6.07) is 6.65. The summed E-state index contributed by atoms with van der Waals surface area (Å²) in [6.45, 7) is 3.26. The van der Waals surface area contributed by atoms with Crippen LogP contribution < -0.4 is 10.6 Å². The second kappa shape index (κ2) is 8.95. The van der Waals surface area contributed by atoms with E-state index in [-0.39, 0.29) is 26.4 Å². The highest BCUT2D eigenvalue weighted by Crippen LogP contribution is 2.31. The van der Waals surface area contributed by atoms with Crippen molar-refractivity contribution >= 4 is 51.5 Å². The van der Waals surface area contributed by atoms with Crippen LogP contribution in [0.4, 0.5) is 9.39 Å². The zero-order valence-electron chi connectivity index (χ0n) is 15.7. The molecule has 0 aliphatic carbocycles. The predicted octanol–water partition coefficient (Wildman–Crippen LogP) is 4.74. The standard InChI is InChI=1S/C19H15Cl2FN4O3S/c1-8(10-5-3-4-6-12(10)22)23-18(29)14-9(2)26-30-19(14)25-17(28)13-7-11(20)15(27)16(21)24-13/h3-8,27H,1-2H3,(H,23,29)(H,25,28). The molecule has 0 saturated heterocycles. The van der Waals surface area contributed by atoms with E-state index in [1.807, 2.05) is 0 Å². The number of nitrogens with zero attached hydrogens (tertiary/aromatic N) is 2. The van der Waals surface area contributed by atoms with Gasteiger partial charge in [0.05, 0.1) is 22.3 Å². The maximum atomic E-state index is 14.0. The minimum Gasteiger partial charge on any atom is -0.504 e. The lowest BCUT2D eigenvalue weighted by Gasteiger charge is -2.15. The third-order valence-electron chi connectivity index (χ3n) is 4.17. The zero-order chi connectivity index (χ0) is 22.0. The van der Waals surface area contributed by atoms with Gasteiger partial charge in [0.15, 0.2) is 10.9 Å². The number of hydrogen-bond donors (Lipinski definition) is 3. The molecule has 156 valence electrons. The molecule has 11 heteroatoms. The van der Waals surface area contributed by atoms with E-state index in [1.54, 1.807) is 32.0 Å². The monoisotopic (exact) mass is 468 g/mol. The van der Waals surface area contributed by atoms with Crippen molar-refractivity contribution in [2.24, 2.45) is 0 Å². The van der Waals surface area contributed by atoms with Crippen LogP contribution in [0.2, 0.25) is 10.2 Å². The number of anilines is 1. The van der Waals surface area contributed by atoms with Crippen LogP contribution in [0.25, 0.3) is 0 Å². The summed E-state index contributed by atoms with van der Waals surface area (Å²) < 4.78 is 18.1. The Morgan fingerprint density at radius 2 is 1.93 bits per heavy atom. The molecule has 0 saturated carbocycles. The first-order valence-electron chi connectivity index (χ1n) is 8.57. The lowest BCUT2D eigenvalue weighted by Crippen LogP contribution is -2.28. The summed E-state index contributed by atoms with van der Waals surface area (Å²) in [5, 5.41) is 14.5. The molecule has 0 aliphatic rings. The Morgan fingerprint density at radius 3 is 2.60 bits per heavy atom. The number of benzene rings is 1. The van der Waals surface area contributed by atoms with E-state index in [0.29, 0.717) is 11.3 Å². The van der Waals surface area contributed by atoms with Crippen LogP contribution in [0.15, 0.2) is 30.3 Å². The molecule has 0 fully saturated rings. The molecule has 1 aromatic carbocycles. The van der Waals surface area contributed by atoms with Gasteiger partial charge in [-0.05, 0) is 37.5 Å². The summed E-state index contributed by atoms with van der Waals surface area (Å²) in [5.41, 5.74) is 0.713. The molecule has 0 spiro atoms. The van der Waals surface area contributed by atoms with Crippen LogP contribution in [0, 0.1) is 12.7 Å². The van der Waals surface area contributed by atoms with E-state index in [2.05, 4.69) is 20.0 Å². The minimum absolute atomic E-state index is 0.141. The molecule has 3 N–H and O–H groups in total. The molecule has 7 nitrogen and oxygen atoms in total. The molecule has 2 aromatic heterocycles. The normalized spacial score (nSPS) is 11.8. The Bertz CT molecular complexity index is 1120. The van der Waals surface area contributed by atoms with Gasteiger partial charge in [-0.25, -0.2) is 9.37 Å². The minimum atomic E-state index is -0.696. The SMILES string of the molecule is Cc1nsc(NC(=O)c2cc(Cl)c(O)c(Cl)n2)c1C(=O)NC(C)c1ccccc1F. The zero-order valence-corrected chi connectivity index (χ0v) is 18.0. The Kier molecular flexibility index (Phi) is 6.55. The number of aromatic hydroxyl groups is 1. The number of hydrogen-bond acceptors (Lipinski definition) is 6. The Morgan fingerprint density at radius 1 is 1.23 bits per heavy atom. The van der Waals surface area contributed by atoms with Gasteiger partial charge in [-0.1, -0.05) is 41.4 Å². The van der Waals surface area contributed by atoms with Gasteiger partial charge in [0.1, 0.15) is 16.5 Å². The van der Waals surface area contributed by atoms with Crippen LogP contribution in [0.3, 0.4) is 0 Å². The van der Waals surface area contributed by atoms with Gasteiger partial charge in [0, 0.05) is 5.56 Å². The summed E-state index contributed by atoms with van der Waals surface area (Å²) in [6.07, 6.45) is 0. The molecule has 3 aromatic rings. The van der Waals surface area contributed by atoms with E-state index >= 15 is 0 Å². The van der Waals surface area contributed by atoms with Crippen molar-refractivity contribution in [2.45, 2.75) is 19.9 Å². The number of carbonyl (C=O) groups is 2. The van der Waals surface area contributed by atoms with E-state index < -0.39 is 29.4 Å². The van der Waals surface area contributed by atoms with Crippen molar-refractivity contribution in [3.05, 3.63) is 68.8 Å². The maximum absolute atomic E-state index is 14.0. The lowest BCUT2D eigenvalue weighted by atomic mass is 10.1. The third kappa shape index (κ3) is 4.53. The van der Waals surface area contributed by atoms with Crippen molar-refractivity contribution in [3.8, 4) is 5.75 Å². The van der Waals surface area contributed by atoms with Gasteiger partial charge in [0.2, 0.25) is 0 Å². The highest BCUT2D eigenvalue weighted by Gasteiger charge is 2.24. The molecule has 0 bridgehead atoms. The summed E-state index contributed by atoms with van der Waals surface area (Å²) in [5.74, 6) is -2.10. The van der Waals surface area contributed by atoms with Crippen molar-refractivity contribution in [3.63, 3.8) is 0 Å². The number of nitrogens with one attached hydrogen (secondary N) is 2. The average molecular weight is 469 g/mol. The Hall–Kier alpha value is -2.75. The lowest BCUT2D eigenvalue weighted by molar-refractivity contribution is 0.0940. The van der Waals surface area contributed by atoms with Crippen molar-refractivity contribution in [1.29, 1.82) is 0 Å². The highest BCUT2D eigenvalue weighted by atomic mass is 35.5. The maximum Gasteiger partial charge on any atom is 0.275 e. The van der Waals surface area contributed by atoms with Crippen LogP contribution >= 0.6 is 34.7 Å². The van der Waals surface area contributed by atoms with Gasteiger partial charge in [-0.3, -0.25) is 9.59 Å². The molecule has 2 heterocycles. The van der Waals surface area contributed by atoms with Crippen molar-refractivity contribution in [2.75, 3.05) is 5.32 Å². The Balaban J connectivity index is 1.82. The molecular weight excluding hydrogens is 454 g/mol. The first-order valence-corrected chi connectivity index (χ1v) is 10.1. The van der Waals surface area contributed by atoms with E-state index in [4.69, 9.17) is 23.2 Å². The summed E-state index contributed by atoms with van der Waals surface area (Å²) in [7, 11) is 0. The summed E-state index contributed by atoms with van der Waals surface area (Å²) in [4.78, 5) is 29.1. The molecule has 3 rings (SSSR count). The summed E-state index contributed by atoms with van der Waals surface area (Å²) >= 11 is 12.5. The predicted molar refractivity (Wildman–Crippen MR) is 113 cm³/mol. The van der Waals surface area contributed by atoms with E-state index in [0.717, 1.165) is 17.6 Å². The van der Waals surface area contributed by atoms with Gasteiger partial charge < -0.3 is 15.7 Å². The molecular formula is C19H15Cl2FN4O3S. The molecule has 1 unspecified atom stereocenters. The number of halogens is 3. The fraction of sp³-hybridized carbons (Fsp3) is 0.158. The van der Waals surface area contributed by atoms with Crippen LogP contribution in [-0.4, -0.2) is 26.3 Å². The van der Waals surface area contributed by atoms with Gasteiger partial charge in [0.25, 0.3) is 11.8 Å². The van der Waals surface area contributed by atoms with Gasteiger partial charge in [-0.15, -0.1) is 0 Å². The highest BCUT2D eigenvalue weighted by molar-refractivity contribution is 7.11. The van der Waals surface area contributed by atoms with Crippen molar-refractivity contribution in [1.82, 2.24) is 14.7 Å². The van der Waals surface area contributed by atoms with Crippen molar-refractivity contribution < 1.29 is 19.1 Å². The van der Waals surface area contributed by atoms with E-state index in [1.165, 1.54) is 6.07 Å². The second-order valence-corrected chi connectivity index (χ2v) is 7.81. The third-order valence-corrected chi connectivity index (χ3v) is 5.58. The van der Waals surface area contributed by atoms with Gasteiger partial charge >= 0.3 is 0 Å². The number of pyridine rings is 1. The van der Waals surface area contributed by atoms with Crippen LogP contribution in [-0.2, 0) is 0 Å². The van der Waals surface area contributed by atoms with Crippen LogP contribution in [0.5, 0.6) is 5.75 Å². The molecule has 1 atom stereocenters. The van der Waals surface area contributed by atoms with E-state index in [9.17, 15) is 19.1 Å². The number of rotatable bonds is 5. The number of carbonyl (C=O) groups excluding carboxylic acids is 2. The van der Waals surface area contributed by atoms with Gasteiger partial charge in [-0.2, -0.15) is 4.37 Å². The first kappa shape index (κ1) is 21.9. The molecule has 30 heavy (non-hydrogen) atoms. The topological polar surface area (TPSA) is 104 Å². The second-order valence-electron chi connectivity index (χ2n) is 6.27. The quantitative estimate of drug-likeness (QED) is 0.469. The number of aryl methyl sites for hydroxylation is 1. The molecule has 0 radical (unpaired) electrons. The number of amides is 2.